The van der Waals surface area contributed by atoms with Crippen molar-refractivity contribution in [1.82, 2.24) is 9.78 Å². The Bertz CT molecular complexity index is 1170. The van der Waals surface area contributed by atoms with Crippen LogP contribution in [0, 0.1) is 5.82 Å². The second-order valence-electron chi connectivity index (χ2n) is 7.42. The molecular weight excluding hydrogens is 383 g/mol. The SMILES string of the molecule is O=C1CCCC2=C1C(c1ccc(F)cc1)n1ncc(C(=O)Nc3ccccc3)c1N2. The molecule has 0 fully saturated rings. The molecule has 1 unspecified atom stereocenters. The second-order valence-corrected chi connectivity index (χ2v) is 7.42. The first-order valence-corrected chi connectivity index (χ1v) is 9.84. The number of hydrogen-bond acceptors (Lipinski definition) is 4. The minimum atomic E-state index is -0.497. The fourth-order valence-corrected chi connectivity index (χ4v) is 4.10. The highest BCUT2D eigenvalue weighted by Crippen LogP contribution is 2.41. The highest BCUT2D eigenvalue weighted by Gasteiger charge is 2.37. The number of aromatic nitrogens is 2. The van der Waals surface area contributed by atoms with E-state index >= 15 is 0 Å². The molecule has 3 aromatic rings. The molecule has 0 saturated carbocycles. The molecule has 1 amide bonds. The summed E-state index contributed by atoms with van der Waals surface area (Å²) in [4.78, 5) is 25.7. The number of carbonyl (C=O) groups is 2. The Morgan fingerprint density at radius 3 is 2.63 bits per heavy atom. The number of benzene rings is 2. The molecule has 7 heteroatoms. The van der Waals surface area contributed by atoms with Crippen LogP contribution < -0.4 is 10.6 Å². The van der Waals surface area contributed by atoms with Crippen LogP contribution >= 0.6 is 0 Å². The van der Waals surface area contributed by atoms with Gasteiger partial charge in [-0.15, -0.1) is 0 Å². The summed E-state index contributed by atoms with van der Waals surface area (Å²) in [5, 5.41) is 10.6. The molecule has 0 bridgehead atoms. The lowest BCUT2D eigenvalue weighted by Crippen LogP contribution is -2.32. The number of hydrogen-bond donors (Lipinski definition) is 2. The number of Topliss-reactive ketones (excluding diaryl/α,β-unsaturated/α-hetero) is 1. The molecule has 5 rings (SSSR count). The number of amides is 1. The van der Waals surface area contributed by atoms with Crippen molar-refractivity contribution >= 4 is 23.2 Å². The van der Waals surface area contributed by atoms with Crippen LogP contribution in [0.15, 0.2) is 72.1 Å². The van der Waals surface area contributed by atoms with Gasteiger partial charge in [-0.2, -0.15) is 5.10 Å². The molecule has 0 radical (unpaired) electrons. The maximum absolute atomic E-state index is 13.5. The smallest absolute Gasteiger partial charge is 0.261 e. The Morgan fingerprint density at radius 1 is 1.10 bits per heavy atom. The van der Waals surface area contributed by atoms with Crippen molar-refractivity contribution in [2.75, 3.05) is 10.6 Å². The van der Waals surface area contributed by atoms with Crippen LogP contribution in [0.2, 0.25) is 0 Å². The number of anilines is 2. The molecule has 2 N–H and O–H groups in total. The highest BCUT2D eigenvalue weighted by molar-refractivity contribution is 6.08. The molecule has 2 aromatic carbocycles. The van der Waals surface area contributed by atoms with Crippen LogP contribution in [0.5, 0.6) is 0 Å². The zero-order chi connectivity index (χ0) is 20.7. The predicted octanol–water partition coefficient (Wildman–Crippen LogP) is 4.30. The van der Waals surface area contributed by atoms with Gasteiger partial charge in [0.05, 0.1) is 6.20 Å². The fraction of sp³-hybridized carbons (Fsp3) is 0.174. The molecule has 30 heavy (non-hydrogen) atoms. The van der Waals surface area contributed by atoms with Gasteiger partial charge in [0.2, 0.25) is 0 Å². The van der Waals surface area contributed by atoms with E-state index in [9.17, 15) is 14.0 Å². The van der Waals surface area contributed by atoms with Gasteiger partial charge in [-0.3, -0.25) is 9.59 Å². The van der Waals surface area contributed by atoms with E-state index in [0.717, 1.165) is 17.7 Å². The largest absolute Gasteiger partial charge is 0.343 e. The highest BCUT2D eigenvalue weighted by atomic mass is 19.1. The van der Waals surface area contributed by atoms with E-state index in [1.54, 1.807) is 16.8 Å². The van der Waals surface area contributed by atoms with Crippen LogP contribution in [0.25, 0.3) is 0 Å². The van der Waals surface area contributed by atoms with Gasteiger partial charge in [0.15, 0.2) is 5.78 Å². The molecule has 2 aliphatic rings. The van der Waals surface area contributed by atoms with E-state index in [1.807, 2.05) is 30.3 Å². The van der Waals surface area contributed by atoms with Crippen LogP contribution in [0.1, 0.15) is 41.2 Å². The third kappa shape index (κ3) is 3.08. The van der Waals surface area contributed by atoms with Crippen molar-refractivity contribution < 1.29 is 14.0 Å². The lowest BCUT2D eigenvalue weighted by molar-refractivity contribution is -0.116. The number of fused-ring (bicyclic) bond motifs is 1. The topological polar surface area (TPSA) is 76.0 Å². The van der Waals surface area contributed by atoms with Gasteiger partial charge in [-0.1, -0.05) is 30.3 Å². The summed E-state index contributed by atoms with van der Waals surface area (Å²) in [5.74, 6) is -0.0554. The first-order chi connectivity index (χ1) is 14.6. The normalized spacial score (nSPS) is 17.8. The lowest BCUT2D eigenvalue weighted by atomic mass is 9.85. The quantitative estimate of drug-likeness (QED) is 0.685. The molecule has 2 heterocycles. The molecule has 150 valence electrons. The summed E-state index contributed by atoms with van der Waals surface area (Å²) in [5.41, 5.74) is 3.26. The van der Waals surface area contributed by atoms with Gasteiger partial charge < -0.3 is 10.6 Å². The Hall–Kier alpha value is -3.74. The predicted molar refractivity (Wildman–Crippen MR) is 111 cm³/mol. The van der Waals surface area contributed by atoms with Crippen LogP contribution in [-0.2, 0) is 4.79 Å². The van der Waals surface area contributed by atoms with Crippen molar-refractivity contribution in [3.05, 3.63) is 89.0 Å². The Labute approximate surface area is 172 Å². The van der Waals surface area contributed by atoms with Gasteiger partial charge in [-0.25, -0.2) is 9.07 Å². The van der Waals surface area contributed by atoms with E-state index in [-0.39, 0.29) is 17.5 Å². The van der Waals surface area contributed by atoms with E-state index in [2.05, 4.69) is 15.7 Å². The summed E-state index contributed by atoms with van der Waals surface area (Å²) in [6.45, 7) is 0. The van der Waals surface area contributed by atoms with Crippen molar-refractivity contribution in [3.8, 4) is 0 Å². The average Bonchev–Trinajstić information content (AvgIpc) is 3.18. The number of para-hydroxylation sites is 1. The zero-order valence-electron chi connectivity index (χ0n) is 16.1. The molecule has 1 aromatic heterocycles. The molecule has 0 saturated heterocycles. The number of rotatable bonds is 3. The van der Waals surface area contributed by atoms with Crippen molar-refractivity contribution in [1.29, 1.82) is 0 Å². The average molecular weight is 402 g/mol. The molecule has 0 spiro atoms. The van der Waals surface area contributed by atoms with E-state index in [0.29, 0.717) is 35.5 Å². The molecular formula is C23H19FN4O2. The van der Waals surface area contributed by atoms with Gasteiger partial charge >= 0.3 is 0 Å². The molecule has 1 atom stereocenters. The van der Waals surface area contributed by atoms with Crippen LogP contribution in [0.3, 0.4) is 0 Å². The number of nitrogens with zero attached hydrogens (tertiary/aromatic N) is 2. The number of carbonyl (C=O) groups excluding carboxylic acids is 2. The number of nitrogens with one attached hydrogen (secondary N) is 2. The Kier molecular flexibility index (Phi) is 4.43. The Morgan fingerprint density at radius 2 is 1.87 bits per heavy atom. The van der Waals surface area contributed by atoms with Crippen molar-refractivity contribution in [3.63, 3.8) is 0 Å². The summed E-state index contributed by atoms with van der Waals surface area (Å²) in [6.07, 6.45) is 3.43. The first kappa shape index (κ1) is 18.3. The third-order valence-corrected chi connectivity index (χ3v) is 5.50. The van der Waals surface area contributed by atoms with Gasteiger partial charge in [0, 0.05) is 23.4 Å². The maximum Gasteiger partial charge on any atom is 0.261 e. The fourth-order valence-electron chi connectivity index (χ4n) is 4.10. The summed E-state index contributed by atoms with van der Waals surface area (Å²) < 4.78 is 15.2. The summed E-state index contributed by atoms with van der Waals surface area (Å²) in [7, 11) is 0. The van der Waals surface area contributed by atoms with Gasteiger partial charge in [0.25, 0.3) is 5.91 Å². The van der Waals surface area contributed by atoms with E-state index in [1.165, 1.54) is 18.3 Å². The van der Waals surface area contributed by atoms with E-state index < -0.39 is 6.04 Å². The zero-order valence-corrected chi connectivity index (χ0v) is 16.1. The van der Waals surface area contributed by atoms with Crippen LogP contribution in [0.4, 0.5) is 15.9 Å². The van der Waals surface area contributed by atoms with Crippen molar-refractivity contribution in [2.45, 2.75) is 25.3 Å². The van der Waals surface area contributed by atoms with Crippen LogP contribution in [-0.4, -0.2) is 21.5 Å². The molecule has 1 aliphatic heterocycles. The monoisotopic (exact) mass is 402 g/mol. The Balaban J connectivity index is 1.58. The number of ketones is 1. The van der Waals surface area contributed by atoms with Crippen molar-refractivity contribution in [2.24, 2.45) is 0 Å². The first-order valence-electron chi connectivity index (χ1n) is 9.84. The molecule has 6 nitrogen and oxygen atoms in total. The number of halogens is 1. The number of allylic oxidation sites excluding steroid dienone is 2. The third-order valence-electron chi connectivity index (χ3n) is 5.50. The van der Waals surface area contributed by atoms with Gasteiger partial charge in [0.1, 0.15) is 23.2 Å². The second kappa shape index (κ2) is 7.26. The maximum atomic E-state index is 13.5. The summed E-state index contributed by atoms with van der Waals surface area (Å²) >= 11 is 0. The van der Waals surface area contributed by atoms with E-state index in [4.69, 9.17) is 0 Å². The minimum Gasteiger partial charge on any atom is -0.343 e. The minimum absolute atomic E-state index is 0.0505. The standard InChI is InChI=1S/C23H19FN4O2/c24-15-11-9-14(10-12-15)21-20-18(7-4-8-19(20)29)27-22-17(13-25-28(21)22)23(30)26-16-5-2-1-3-6-16/h1-3,5-6,9-13,21,27H,4,7-8H2,(H,26,30). The lowest BCUT2D eigenvalue weighted by Gasteiger charge is -2.33. The molecule has 1 aliphatic carbocycles. The summed E-state index contributed by atoms with van der Waals surface area (Å²) in [6, 6.07) is 14.7. The van der Waals surface area contributed by atoms with Gasteiger partial charge in [-0.05, 0) is 42.7 Å².